The number of aromatic nitrogens is 2. The molecule has 0 spiro atoms. The first-order valence-corrected chi connectivity index (χ1v) is 10.0. The molecule has 0 aliphatic carbocycles. The molecule has 1 heterocycles. The Kier molecular flexibility index (Phi) is 7.04. The molecule has 0 aliphatic heterocycles. The van der Waals surface area contributed by atoms with Gasteiger partial charge in [-0.1, -0.05) is 49.4 Å². The maximum absolute atomic E-state index is 13.3. The molecule has 31 heavy (non-hydrogen) atoms. The van der Waals surface area contributed by atoms with Gasteiger partial charge in [0.15, 0.2) is 5.69 Å². The summed E-state index contributed by atoms with van der Waals surface area (Å²) in [5.41, 5.74) is 7.18. The Labute approximate surface area is 179 Å². The summed E-state index contributed by atoms with van der Waals surface area (Å²) in [7, 11) is 1.50. The number of hydrogen-bond acceptors (Lipinski definition) is 5. The lowest BCUT2D eigenvalue weighted by atomic mass is 10.1. The van der Waals surface area contributed by atoms with E-state index in [-0.39, 0.29) is 31.2 Å². The number of aromatic amines is 1. The van der Waals surface area contributed by atoms with Crippen LogP contribution in [0.4, 0.5) is 11.5 Å². The maximum Gasteiger partial charge on any atom is 0.330 e. The van der Waals surface area contributed by atoms with Gasteiger partial charge in [0.2, 0.25) is 0 Å². The van der Waals surface area contributed by atoms with Crippen LogP contribution in [0.5, 0.6) is 0 Å². The molecule has 0 saturated carbocycles. The Hall–Kier alpha value is -3.65. The lowest BCUT2D eigenvalue weighted by Gasteiger charge is -2.24. The Morgan fingerprint density at radius 1 is 1.06 bits per heavy atom. The summed E-state index contributed by atoms with van der Waals surface area (Å²) >= 11 is 0. The summed E-state index contributed by atoms with van der Waals surface area (Å²) in [6.45, 7) is 2.47. The molecule has 0 saturated heterocycles. The first-order chi connectivity index (χ1) is 15.0. The minimum absolute atomic E-state index is 0.0721. The van der Waals surface area contributed by atoms with Crippen molar-refractivity contribution in [1.82, 2.24) is 9.55 Å². The predicted molar refractivity (Wildman–Crippen MR) is 121 cm³/mol. The number of amides is 1. The number of nitrogen functional groups attached to an aromatic ring is 1. The summed E-state index contributed by atoms with van der Waals surface area (Å²) in [6, 6.07) is 16.4. The second kappa shape index (κ2) is 9.90. The summed E-state index contributed by atoms with van der Waals surface area (Å²) in [4.78, 5) is 42.0. The van der Waals surface area contributed by atoms with Gasteiger partial charge >= 0.3 is 5.69 Å². The zero-order chi connectivity index (χ0) is 22.4. The lowest BCUT2D eigenvalue weighted by Crippen LogP contribution is -2.42. The fourth-order valence-electron chi connectivity index (χ4n) is 3.30. The molecule has 0 atom stereocenters. The van der Waals surface area contributed by atoms with Gasteiger partial charge in [0.05, 0.1) is 13.2 Å². The van der Waals surface area contributed by atoms with E-state index in [1.807, 2.05) is 49.4 Å². The largest absolute Gasteiger partial charge is 0.383 e. The number of methoxy groups -OCH3 is 1. The van der Waals surface area contributed by atoms with Gasteiger partial charge in [-0.15, -0.1) is 0 Å². The third-order valence-corrected chi connectivity index (χ3v) is 5.04. The highest BCUT2D eigenvalue weighted by Crippen LogP contribution is 2.20. The molecule has 3 N–H and O–H groups in total. The lowest BCUT2D eigenvalue weighted by molar-refractivity contribution is 0.0975. The highest BCUT2D eigenvalue weighted by atomic mass is 16.5. The number of anilines is 2. The highest BCUT2D eigenvalue weighted by Gasteiger charge is 2.25. The Morgan fingerprint density at radius 2 is 1.74 bits per heavy atom. The molecule has 1 aromatic heterocycles. The topological polar surface area (TPSA) is 110 Å². The third-order valence-electron chi connectivity index (χ3n) is 5.04. The Balaban J connectivity index is 2.07. The normalized spacial score (nSPS) is 10.8. The molecule has 0 fully saturated rings. The molecule has 0 aliphatic rings. The van der Waals surface area contributed by atoms with Crippen molar-refractivity contribution in [1.29, 1.82) is 0 Å². The van der Waals surface area contributed by atoms with E-state index in [1.54, 1.807) is 12.1 Å². The molecule has 162 valence electrons. The molecular formula is C23H26N4O4. The average molecular weight is 422 g/mol. The quantitative estimate of drug-likeness (QED) is 0.577. The molecule has 1 amide bonds. The fraction of sp³-hybridized carbons (Fsp3) is 0.261. The smallest absolute Gasteiger partial charge is 0.330 e. The number of nitrogens with zero attached hydrogens (tertiary/aromatic N) is 2. The van der Waals surface area contributed by atoms with Crippen LogP contribution in [0.15, 0.2) is 64.2 Å². The van der Waals surface area contributed by atoms with Crippen LogP contribution in [-0.2, 0) is 17.7 Å². The number of rotatable bonds is 8. The summed E-state index contributed by atoms with van der Waals surface area (Å²) in [6.07, 6.45) is 0.846. The number of nitrogens with one attached hydrogen (secondary N) is 1. The van der Waals surface area contributed by atoms with Crippen molar-refractivity contribution in [3.05, 3.63) is 92.1 Å². The van der Waals surface area contributed by atoms with E-state index >= 15 is 0 Å². The number of benzene rings is 2. The molecule has 0 unspecified atom stereocenters. The van der Waals surface area contributed by atoms with Gasteiger partial charge in [0, 0.05) is 19.2 Å². The van der Waals surface area contributed by atoms with Gasteiger partial charge in [-0.3, -0.25) is 24.0 Å². The van der Waals surface area contributed by atoms with Crippen molar-refractivity contribution in [3.63, 3.8) is 0 Å². The molecule has 3 aromatic rings. The minimum Gasteiger partial charge on any atom is -0.383 e. The molecule has 3 rings (SSSR count). The van der Waals surface area contributed by atoms with E-state index in [1.165, 1.54) is 16.6 Å². The van der Waals surface area contributed by atoms with Crippen LogP contribution in [0.2, 0.25) is 0 Å². The number of nitrogens with two attached hydrogens (primary N) is 1. The minimum atomic E-state index is -0.721. The van der Waals surface area contributed by atoms with Crippen molar-refractivity contribution in [3.8, 4) is 0 Å². The maximum atomic E-state index is 13.3. The zero-order valence-corrected chi connectivity index (χ0v) is 17.6. The number of aryl methyl sites for hydroxylation is 1. The van der Waals surface area contributed by atoms with E-state index < -0.39 is 17.2 Å². The Bertz CT molecular complexity index is 1150. The van der Waals surface area contributed by atoms with Gasteiger partial charge in [0.25, 0.3) is 11.5 Å². The number of H-pyrrole nitrogens is 1. The van der Waals surface area contributed by atoms with Gasteiger partial charge in [-0.2, -0.15) is 0 Å². The van der Waals surface area contributed by atoms with Crippen molar-refractivity contribution in [2.75, 3.05) is 30.9 Å². The van der Waals surface area contributed by atoms with Crippen LogP contribution in [0.3, 0.4) is 0 Å². The zero-order valence-electron chi connectivity index (χ0n) is 17.6. The Morgan fingerprint density at radius 3 is 2.35 bits per heavy atom. The van der Waals surface area contributed by atoms with Gasteiger partial charge in [-0.25, -0.2) is 4.79 Å². The monoisotopic (exact) mass is 422 g/mol. The molecule has 8 heteroatoms. The summed E-state index contributed by atoms with van der Waals surface area (Å²) < 4.78 is 6.38. The third kappa shape index (κ3) is 4.92. The SMILES string of the molecule is CCc1ccc(C(=O)N(CCOC)c2c(N)n(Cc3ccccc3)c(=O)[nH]c2=O)cc1. The second-order valence-electron chi connectivity index (χ2n) is 7.06. The molecule has 2 aromatic carbocycles. The predicted octanol–water partition coefficient (Wildman–Crippen LogP) is 2.02. The molecule has 8 nitrogen and oxygen atoms in total. The van der Waals surface area contributed by atoms with E-state index in [0.29, 0.717) is 5.56 Å². The van der Waals surface area contributed by atoms with Crippen LogP contribution in [0.25, 0.3) is 0 Å². The van der Waals surface area contributed by atoms with E-state index in [4.69, 9.17) is 10.5 Å². The van der Waals surface area contributed by atoms with Crippen molar-refractivity contribution in [2.45, 2.75) is 19.9 Å². The van der Waals surface area contributed by atoms with Gasteiger partial charge in [-0.05, 0) is 29.7 Å². The molecular weight excluding hydrogens is 396 g/mol. The van der Waals surface area contributed by atoms with Crippen LogP contribution in [0.1, 0.15) is 28.4 Å². The van der Waals surface area contributed by atoms with E-state index in [9.17, 15) is 14.4 Å². The van der Waals surface area contributed by atoms with Crippen molar-refractivity contribution < 1.29 is 9.53 Å². The van der Waals surface area contributed by atoms with E-state index in [0.717, 1.165) is 17.5 Å². The standard InChI is InChI=1S/C23H26N4O4/c1-3-16-9-11-18(12-10-16)22(29)26(13-14-31-2)19-20(24)27(23(30)25-21(19)28)15-17-7-5-4-6-8-17/h4-12H,3,13-15,24H2,1-2H3,(H,25,28,30). The van der Waals surface area contributed by atoms with Crippen LogP contribution in [0, 0.1) is 0 Å². The summed E-state index contributed by atoms with van der Waals surface area (Å²) in [5.74, 6) is -0.478. The highest BCUT2D eigenvalue weighted by molar-refractivity contribution is 6.07. The first-order valence-electron chi connectivity index (χ1n) is 10.0. The van der Waals surface area contributed by atoms with E-state index in [2.05, 4.69) is 4.98 Å². The molecule has 0 bridgehead atoms. The first kappa shape index (κ1) is 22.0. The summed E-state index contributed by atoms with van der Waals surface area (Å²) in [5, 5.41) is 0. The number of carbonyl (C=O) groups is 1. The molecule has 0 radical (unpaired) electrons. The van der Waals surface area contributed by atoms with Gasteiger partial charge < -0.3 is 10.5 Å². The van der Waals surface area contributed by atoms with Crippen molar-refractivity contribution in [2.24, 2.45) is 0 Å². The fourth-order valence-corrected chi connectivity index (χ4v) is 3.30. The van der Waals surface area contributed by atoms with Crippen LogP contribution >= 0.6 is 0 Å². The van der Waals surface area contributed by atoms with Crippen molar-refractivity contribution >= 4 is 17.4 Å². The average Bonchev–Trinajstić information content (AvgIpc) is 2.79. The number of hydrogen-bond donors (Lipinski definition) is 2. The number of ether oxygens (including phenoxy) is 1. The van der Waals surface area contributed by atoms with Crippen LogP contribution < -0.4 is 21.9 Å². The van der Waals surface area contributed by atoms with Crippen LogP contribution in [-0.4, -0.2) is 35.7 Å². The number of carbonyl (C=O) groups excluding carboxylic acids is 1. The second-order valence-corrected chi connectivity index (χ2v) is 7.06. The van der Waals surface area contributed by atoms with Gasteiger partial charge in [0.1, 0.15) is 5.82 Å².